The lowest BCUT2D eigenvalue weighted by Crippen LogP contribution is -1.95. The van der Waals surface area contributed by atoms with Gasteiger partial charge in [0.05, 0.1) is 17.3 Å². The Morgan fingerprint density at radius 3 is 3.00 bits per heavy atom. The van der Waals surface area contributed by atoms with Crippen molar-refractivity contribution in [1.82, 2.24) is 14.6 Å². The Kier molecular flexibility index (Phi) is 4.24. The number of nitrogens with zero attached hydrogens (tertiary/aromatic N) is 3. The van der Waals surface area contributed by atoms with Crippen molar-refractivity contribution >= 4 is 27.3 Å². The minimum absolute atomic E-state index is 0.809. The van der Waals surface area contributed by atoms with Gasteiger partial charge in [-0.25, -0.2) is 9.50 Å². The summed E-state index contributed by atoms with van der Waals surface area (Å²) in [4.78, 5) is 4.26. The molecule has 1 aromatic carbocycles. The maximum Gasteiger partial charge on any atom is 0.167 e. The molecule has 2 aromatic heterocycles. The third-order valence-corrected chi connectivity index (χ3v) is 3.95. The summed E-state index contributed by atoms with van der Waals surface area (Å²) in [5.74, 6) is 0.882. The largest absolute Gasteiger partial charge is 0.496 e. The zero-order valence-electron chi connectivity index (χ0n) is 12.5. The van der Waals surface area contributed by atoms with Gasteiger partial charge in [0, 0.05) is 23.5 Å². The van der Waals surface area contributed by atoms with Crippen LogP contribution < -0.4 is 0 Å². The summed E-state index contributed by atoms with van der Waals surface area (Å²) in [7, 11) is 1.69. The van der Waals surface area contributed by atoms with Gasteiger partial charge >= 0.3 is 0 Å². The highest BCUT2D eigenvalue weighted by Gasteiger charge is 2.09. The van der Waals surface area contributed by atoms with E-state index in [-0.39, 0.29) is 0 Å². The van der Waals surface area contributed by atoms with Gasteiger partial charge in [-0.05, 0) is 40.6 Å². The summed E-state index contributed by atoms with van der Waals surface area (Å²) >= 11 is 3.55. The zero-order chi connectivity index (χ0) is 15.5. The second-order valence-electron chi connectivity index (χ2n) is 4.83. The summed E-state index contributed by atoms with van der Waals surface area (Å²) in [6, 6.07) is 10.2. The first-order chi connectivity index (χ1) is 10.7. The molecule has 0 saturated heterocycles. The van der Waals surface area contributed by atoms with Crippen LogP contribution in [0, 0.1) is 0 Å². The number of benzene rings is 1. The summed E-state index contributed by atoms with van der Waals surface area (Å²) in [5.41, 5.74) is 3.77. The topological polar surface area (TPSA) is 39.4 Å². The Hall–Kier alpha value is -2.14. The Labute approximate surface area is 137 Å². The molecule has 4 nitrogen and oxygen atoms in total. The molecule has 0 N–H and O–H groups in total. The summed E-state index contributed by atoms with van der Waals surface area (Å²) in [5, 5.41) is 4.60. The molecule has 0 fully saturated rings. The highest BCUT2D eigenvalue weighted by Crippen LogP contribution is 2.26. The molecule has 3 aromatic rings. The molecule has 3 rings (SSSR count). The minimum atomic E-state index is 0.809. The van der Waals surface area contributed by atoms with Crippen LogP contribution in [0.25, 0.3) is 22.7 Å². The predicted octanol–water partition coefficient (Wildman–Crippen LogP) is 4.56. The number of hydrogen-bond donors (Lipinski definition) is 0. The average molecular weight is 358 g/mol. The fourth-order valence-corrected chi connectivity index (χ4v) is 2.86. The van der Waals surface area contributed by atoms with Gasteiger partial charge in [0.2, 0.25) is 0 Å². The Morgan fingerprint density at radius 1 is 1.36 bits per heavy atom. The van der Waals surface area contributed by atoms with E-state index < -0.39 is 0 Å². The standard InChI is InChI=1S/C17H16BrN3O/c1-3-5-16(22-2)13-7-4-6-12(10-13)15-11-14(18)17-19-8-9-21(17)20-15/h4-11H,3H2,1-2H3/b16-5+. The maximum absolute atomic E-state index is 5.47. The molecule has 0 spiro atoms. The lowest BCUT2D eigenvalue weighted by Gasteiger charge is -2.09. The minimum Gasteiger partial charge on any atom is -0.496 e. The molecule has 0 radical (unpaired) electrons. The zero-order valence-corrected chi connectivity index (χ0v) is 14.0. The fraction of sp³-hybridized carbons (Fsp3) is 0.176. The van der Waals surface area contributed by atoms with Gasteiger partial charge in [0.15, 0.2) is 5.65 Å². The van der Waals surface area contributed by atoms with Crippen LogP contribution in [0.2, 0.25) is 0 Å². The molecule has 0 bridgehead atoms. The highest BCUT2D eigenvalue weighted by molar-refractivity contribution is 9.10. The molecule has 0 aliphatic heterocycles. The van der Waals surface area contributed by atoms with Crippen molar-refractivity contribution in [2.45, 2.75) is 13.3 Å². The van der Waals surface area contributed by atoms with Crippen LogP contribution in [-0.4, -0.2) is 21.7 Å². The van der Waals surface area contributed by atoms with Crippen LogP contribution in [0.15, 0.2) is 53.3 Å². The van der Waals surface area contributed by atoms with Gasteiger partial charge < -0.3 is 4.74 Å². The summed E-state index contributed by atoms with van der Waals surface area (Å²) in [6.45, 7) is 2.09. The van der Waals surface area contributed by atoms with Crippen LogP contribution >= 0.6 is 15.9 Å². The van der Waals surface area contributed by atoms with Crippen LogP contribution in [0.5, 0.6) is 0 Å². The van der Waals surface area contributed by atoms with E-state index >= 15 is 0 Å². The summed E-state index contributed by atoms with van der Waals surface area (Å²) < 4.78 is 8.15. The van der Waals surface area contributed by atoms with Crippen molar-refractivity contribution in [2.24, 2.45) is 0 Å². The van der Waals surface area contributed by atoms with E-state index in [1.807, 2.05) is 30.5 Å². The first-order valence-electron chi connectivity index (χ1n) is 7.07. The monoisotopic (exact) mass is 357 g/mol. The van der Waals surface area contributed by atoms with Gasteiger partial charge in [0.1, 0.15) is 5.76 Å². The number of ether oxygens (including phenoxy) is 1. The number of rotatable bonds is 4. The lowest BCUT2D eigenvalue weighted by molar-refractivity contribution is 0.369. The molecule has 0 unspecified atom stereocenters. The molecule has 112 valence electrons. The van der Waals surface area contributed by atoms with Gasteiger partial charge in [0.25, 0.3) is 0 Å². The Balaban J connectivity index is 2.09. The number of methoxy groups -OCH3 is 1. The van der Waals surface area contributed by atoms with Crippen molar-refractivity contribution < 1.29 is 4.74 Å². The average Bonchev–Trinajstić information content (AvgIpc) is 3.02. The number of fused-ring (bicyclic) bond motifs is 1. The van der Waals surface area contributed by atoms with E-state index in [2.05, 4.69) is 45.1 Å². The molecule has 5 heteroatoms. The number of aromatic nitrogens is 3. The first-order valence-corrected chi connectivity index (χ1v) is 7.87. The normalized spacial score (nSPS) is 11.9. The molecule has 0 aliphatic rings. The van der Waals surface area contributed by atoms with E-state index in [0.717, 1.165) is 39.1 Å². The van der Waals surface area contributed by atoms with Crippen molar-refractivity contribution in [2.75, 3.05) is 7.11 Å². The Bertz CT molecular complexity index is 839. The van der Waals surface area contributed by atoms with Crippen molar-refractivity contribution in [3.8, 4) is 11.3 Å². The summed E-state index contributed by atoms with van der Waals surface area (Å²) in [6.07, 6.45) is 6.57. The molecule has 2 heterocycles. The number of halogens is 1. The second-order valence-corrected chi connectivity index (χ2v) is 5.69. The fourth-order valence-electron chi connectivity index (χ4n) is 2.36. The molecule has 0 amide bonds. The quantitative estimate of drug-likeness (QED) is 0.642. The lowest BCUT2D eigenvalue weighted by atomic mass is 10.1. The van der Waals surface area contributed by atoms with Gasteiger partial charge in [-0.15, -0.1) is 0 Å². The SMILES string of the molecule is CC/C=C(/OC)c1cccc(-c2cc(Br)c3nccn3n2)c1. The first kappa shape index (κ1) is 14.8. The predicted molar refractivity (Wildman–Crippen MR) is 91.4 cm³/mol. The highest BCUT2D eigenvalue weighted by atomic mass is 79.9. The number of hydrogen-bond acceptors (Lipinski definition) is 3. The van der Waals surface area contributed by atoms with Crippen LogP contribution in [0.1, 0.15) is 18.9 Å². The van der Waals surface area contributed by atoms with E-state index in [1.54, 1.807) is 17.8 Å². The van der Waals surface area contributed by atoms with E-state index in [4.69, 9.17) is 4.74 Å². The van der Waals surface area contributed by atoms with Crippen molar-refractivity contribution in [3.63, 3.8) is 0 Å². The van der Waals surface area contributed by atoms with Crippen molar-refractivity contribution in [1.29, 1.82) is 0 Å². The van der Waals surface area contributed by atoms with Gasteiger partial charge in [-0.3, -0.25) is 0 Å². The number of imidazole rings is 1. The van der Waals surface area contributed by atoms with Crippen LogP contribution in [0.3, 0.4) is 0 Å². The molecule has 0 aliphatic carbocycles. The second kappa shape index (κ2) is 6.32. The smallest absolute Gasteiger partial charge is 0.167 e. The van der Waals surface area contributed by atoms with E-state index in [0.29, 0.717) is 0 Å². The van der Waals surface area contributed by atoms with Crippen LogP contribution in [-0.2, 0) is 4.74 Å². The maximum atomic E-state index is 5.47. The van der Waals surface area contributed by atoms with Crippen LogP contribution in [0.4, 0.5) is 0 Å². The molecule has 22 heavy (non-hydrogen) atoms. The molecular weight excluding hydrogens is 342 g/mol. The van der Waals surface area contributed by atoms with E-state index in [1.165, 1.54) is 0 Å². The van der Waals surface area contributed by atoms with Gasteiger partial charge in [-0.2, -0.15) is 5.10 Å². The molecule has 0 atom stereocenters. The molecular formula is C17H16BrN3O. The van der Waals surface area contributed by atoms with Gasteiger partial charge in [-0.1, -0.05) is 25.1 Å². The van der Waals surface area contributed by atoms with Crippen molar-refractivity contribution in [3.05, 3.63) is 58.8 Å². The Morgan fingerprint density at radius 2 is 2.23 bits per heavy atom. The third kappa shape index (κ3) is 2.76. The molecule has 0 saturated carbocycles. The van der Waals surface area contributed by atoms with E-state index in [9.17, 15) is 0 Å². The third-order valence-electron chi connectivity index (χ3n) is 3.37. The number of allylic oxidation sites excluding steroid dienone is 1.